The summed E-state index contributed by atoms with van der Waals surface area (Å²) in [5.41, 5.74) is 2.18. The van der Waals surface area contributed by atoms with Gasteiger partial charge in [0.25, 0.3) is 0 Å². The van der Waals surface area contributed by atoms with Gasteiger partial charge in [-0.05, 0) is 38.1 Å². The number of hydrogen-bond donors (Lipinski definition) is 1. The Morgan fingerprint density at radius 1 is 1.24 bits per heavy atom. The van der Waals surface area contributed by atoms with Crippen molar-refractivity contribution in [1.29, 1.82) is 0 Å². The summed E-state index contributed by atoms with van der Waals surface area (Å²) in [6.07, 6.45) is 2.37. The van der Waals surface area contributed by atoms with Crippen molar-refractivity contribution in [3.63, 3.8) is 0 Å². The zero-order valence-corrected chi connectivity index (χ0v) is 11.9. The van der Waals surface area contributed by atoms with Crippen LogP contribution >= 0.6 is 11.8 Å². The predicted molar refractivity (Wildman–Crippen MR) is 75.2 cm³/mol. The first-order valence-corrected chi connectivity index (χ1v) is 7.53. The van der Waals surface area contributed by atoms with Crippen molar-refractivity contribution >= 4 is 11.8 Å². The van der Waals surface area contributed by atoms with Crippen LogP contribution in [0, 0.1) is 6.92 Å². The molecule has 1 heterocycles. The summed E-state index contributed by atoms with van der Waals surface area (Å²) in [7, 11) is 0. The van der Waals surface area contributed by atoms with E-state index in [9.17, 15) is 0 Å². The Balaban J connectivity index is 2.53. The molecule has 0 aliphatic carbocycles. The van der Waals surface area contributed by atoms with E-state index in [1.807, 2.05) is 18.7 Å². The van der Waals surface area contributed by atoms with Crippen LogP contribution in [0.2, 0.25) is 0 Å². The Bertz CT molecular complexity index is 300. The minimum atomic E-state index is 0.850. The van der Waals surface area contributed by atoms with Gasteiger partial charge < -0.3 is 5.32 Å². The summed E-state index contributed by atoms with van der Waals surface area (Å²) in [5.74, 6) is 3.08. The molecule has 0 amide bonds. The zero-order valence-electron chi connectivity index (χ0n) is 11.1. The quantitative estimate of drug-likeness (QED) is 0.723. The third-order valence-corrected chi connectivity index (χ3v) is 3.43. The highest BCUT2D eigenvalue weighted by Gasteiger charge is 2.02. The maximum absolute atomic E-state index is 4.58. The van der Waals surface area contributed by atoms with Gasteiger partial charge in [0.15, 0.2) is 0 Å². The molecule has 1 aromatic heterocycles. The molecule has 0 bridgehead atoms. The van der Waals surface area contributed by atoms with Gasteiger partial charge in [0.05, 0.1) is 11.4 Å². The first kappa shape index (κ1) is 14.5. The molecule has 4 heteroatoms. The van der Waals surface area contributed by atoms with E-state index in [1.165, 1.54) is 12.2 Å². The van der Waals surface area contributed by atoms with E-state index >= 15 is 0 Å². The third kappa shape index (κ3) is 6.03. The lowest BCUT2D eigenvalue weighted by molar-refractivity contribution is 0.659. The number of thioether (sulfide) groups is 1. The van der Waals surface area contributed by atoms with E-state index in [2.05, 4.69) is 35.2 Å². The Morgan fingerprint density at radius 3 is 2.76 bits per heavy atom. The summed E-state index contributed by atoms with van der Waals surface area (Å²) in [6, 6.07) is 2.07. The second kappa shape index (κ2) is 8.48. The minimum Gasteiger partial charge on any atom is -0.311 e. The summed E-state index contributed by atoms with van der Waals surface area (Å²) < 4.78 is 0. The Labute approximate surface area is 109 Å². The topological polar surface area (TPSA) is 37.8 Å². The third-order valence-electron chi connectivity index (χ3n) is 2.27. The van der Waals surface area contributed by atoms with Gasteiger partial charge in [0.1, 0.15) is 5.82 Å². The summed E-state index contributed by atoms with van der Waals surface area (Å²) >= 11 is 1.91. The Hall–Kier alpha value is -0.610. The van der Waals surface area contributed by atoms with Crippen LogP contribution in [0.5, 0.6) is 0 Å². The maximum atomic E-state index is 4.58. The molecule has 17 heavy (non-hydrogen) atoms. The van der Waals surface area contributed by atoms with Crippen molar-refractivity contribution in [2.24, 2.45) is 0 Å². The molecule has 3 nitrogen and oxygen atoms in total. The van der Waals surface area contributed by atoms with Crippen LogP contribution in [0.4, 0.5) is 0 Å². The highest BCUT2D eigenvalue weighted by molar-refractivity contribution is 7.98. The van der Waals surface area contributed by atoms with Crippen molar-refractivity contribution in [2.45, 2.75) is 45.9 Å². The van der Waals surface area contributed by atoms with Crippen LogP contribution < -0.4 is 5.32 Å². The lowest BCUT2D eigenvalue weighted by Gasteiger charge is -2.06. The molecule has 0 saturated carbocycles. The van der Waals surface area contributed by atoms with Crippen molar-refractivity contribution in [2.75, 3.05) is 12.3 Å². The fourth-order valence-electron chi connectivity index (χ4n) is 1.56. The van der Waals surface area contributed by atoms with Gasteiger partial charge in [-0.1, -0.05) is 13.8 Å². The molecule has 0 aliphatic heterocycles. The fourth-order valence-corrected chi connectivity index (χ4v) is 2.30. The van der Waals surface area contributed by atoms with Gasteiger partial charge in [-0.3, -0.25) is 0 Å². The van der Waals surface area contributed by atoms with Gasteiger partial charge in [0, 0.05) is 12.2 Å². The number of rotatable bonds is 8. The van der Waals surface area contributed by atoms with Crippen molar-refractivity contribution in [3.8, 4) is 0 Å². The van der Waals surface area contributed by atoms with Crippen molar-refractivity contribution in [1.82, 2.24) is 15.3 Å². The molecule has 1 aromatic rings. The maximum Gasteiger partial charge on any atom is 0.138 e. The summed E-state index contributed by atoms with van der Waals surface area (Å²) in [4.78, 5) is 9.06. The van der Waals surface area contributed by atoms with E-state index in [-0.39, 0.29) is 0 Å². The summed E-state index contributed by atoms with van der Waals surface area (Å²) in [6.45, 7) is 8.31. The van der Waals surface area contributed by atoms with E-state index in [4.69, 9.17) is 0 Å². The average molecular weight is 253 g/mol. The molecule has 0 aromatic carbocycles. The molecular formula is C13H23N3S. The van der Waals surface area contributed by atoms with Gasteiger partial charge in [0.2, 0.25) is 0 Å². The molecular weight excluding hydrogens is 230 g/mol. The molecule has 96 valence electrons. The Morgan fingerprint density at radius 2 is 2.06 bits per heavy atom. The van der Waals surface area contributed by atoms with E-state index in [0.29, 0.717) is 0 Å². The molecule has 1 rings (SSSR count). The molecule has 0 radical (unpaired) electrons. The molecule has 1 N–H and O–H groups in total. The van der Waals surface area contributed by atoms with Gasteiger partial charge in [-0.25, -0.2) is 9.97 Å². The van der Waals surface area contributed by atoms with Crippen molar-refractivity contribution in [3.05, 3.63) is 23.3 Å². The number of nitrogens with zero attached hydrogens (tertiary/aromatic N) is 2. The Kier molecular flexibility index (Phi) is 7.21. The fraction of sp³-hybridized carbons (Fsp3) is 0.692. The van der Waals surface area contributed by atoms with Crippen LogP contribution in [0.3, 0.4) is 0 Å². The second-order valence-corrected chi connectivity index (χ2v) is 5.25. The van der Waals surface area contributed by atoms with E-state index < -0.39 is 0 Å². The lowest BCUT2D eigenvalue weighted by Crippen LogP contribution is -2.15. The highest BCUT2D eigenvalue weighted by Crippen LogP contribution is 2.10. The smallest absolute Gasteiger partial charge is 0.138 e. The van der Waals surface area contributed by atoms with Crippen LogP contribution in [-0.4, -0.2) is 22.3 Å². The molecule has 0 saturated heterocycles. The molecule has 0 aliphatic rings. The van der Waals surface area contributed by atoms with Crippen LogP contribution in [0.1, 0.15) is 43.9 Å². The zero-order chi connectivity index (χ0) is 12.5. The highest BCUT2D eigenvalue weighted by atomic mass is 32.2. The average Bonchev–Trinajstić information content (AvgIpc) is 2.29. The number of aromatic nitrogens is 2. The molecule has 0 spiro atoms. The first-order chi connectivity index (χ1) is 8.26. The normalized spacial score (nSPS) is 10.8. The minimum absolute atomic E-state index is 0.850. The van der Waals surface area contributed by atoms with Crippen molar-refractivity contribution < 1.29 is 0 Å². The molecule has 0 atom stereocenters. The van der Waals surface area contributed by atoms with Crippen LogP contribution in [0.25, 0.3) is 0 Å². The van der Waals surface area contributed by atoms with Crippen LogP contribution in [-0.2, 0) is 12.3 Å². The molecule has 0 unspecified atom stereocenters. The number of hydrogen-bond acceptors (Lipinski definition) is 4. The van der Waals surface area contributed by atoms with Gasteiger partial charge in [-0.2, -0.15) is 11.8 Å². The second-order valence-electron chi connectivity index (χ2n) is 4.15. The predicted octanol–water partition coefficient (Wildman–Crippen LogP) is 2.93. The largest absolute Gasteiger partial charge is 0.311 e. The standard InChI is InChI=1S/C13H23N3S/c1-4-6-14-9-12-8-11(3)15-13(16-12)10-17-7-5-2/h8,14H,4-7,9-10H2,1-3H3. The lowest BCUT2D eigenvalue weighted by atomic mass is 10.3. The molecule has 0 fully saturated rings. The van der Waals surface area contributed by atoms with Crippen LogP contribution in [0.15, 0.2) is 6.07 Å². The van der Waals surface area contributed by atoms with Gasteiger partial charge >= 0.3 is 0 Å². The SMILES string of the molecule is CCCNCc1cc(C)nc(CSCCC)n1. The van der Waals surface area contributed by atoms with E-state index in [0.717, 1.165) is 42.5 Å². The summed E-state index contributed by atoms with van der Waals surface area (Å²) in [5, 5.41) is 3.38. The number of nitrogens with one attached hydrogen (secondary N) is 1. The van der Waals surface area contributed by atoms with E-state index in [1.54, 1.807) is 0 Å². The number of aryl methyl sites for hydroxylation is 1. The van der Waals surface area contributed by atoms with Gasteiger partial charge in [-0.15, -0.1) is 0 Å². The first-order valence-electron chi connectivity index (χ1n) is 6.38. The monoisotopic (exact) mass is 253 g/mol.